The van der Waals surface area contributed by atoms with Gasteiger partial charge in [-0.15, -0.1) is 5.10 Å². The van der Waals surface area contributed by atoms with Crippen molar-refractivity contribution in [1.82, 2.24) is 25.2 Å². The third-order valence-electron chi connectivity index (χ3n) is 5.80. The van der Waals surface area contributed by atoms with E-state index in [1.807, 2.05) is 24.3 Å². The fourth-order valence-electron chi connectivity index (χ4n) is 4.22. The van der Waals surface area contributed by atoms with Crippen molar-refractivity contribution in [2.24, 2.45) is 5.92 Å². The van der Waals surface area contributed by atoms with Crippen LogP contribution in [0.2, 0.25) is 0 Å². The van der Waals surface area contributed by atoms with Gasteiger partial charge in [-0.3, -0.25) is 9.78 Å². The molecule has 1 amide bonds. The average Bonchev–Trinajstić information content (AvgIpc) is 3.19. The molecule has 1 atom stereocenters. The molecule has 2 aromatic carbocycles. The minimum atomic E-state index is -0.525. The molecule has 0 aliphatic heterocycles. The molecule has 2 aromatic heterocycles. The summed E-state index contributed by atoms with van der Waals surface area (Å²) < 4.78 is 16.1. The minimum Gasteiger partial charge on any atom is -0.319 e. The number of para-hydroxylation sites is 1. The lowest BCUT2D eigenvalue weighted by Gasteiger charge is -2.24. The van der Waals surface area contributed by atoms with E-state index in [9.17, 15) is 9.18 Å². The Balaban J connectivity index is 1.59. The molecule has 0 bridgehead atoms. The Morgan fingerprint density at radius 3 is 2.87 bits per heavy atom. The number of aryl methyl sites for hydroxylation is 2. The van der Waals surface area contributed by atoms with E-state index >= 15 is 0 Å². The van der Waals surface area contributed by atoms with Crippen molar-refractivity contribution in [3.63, 3.8) is 0 Å². The molecule has 4 aromatic rings. The Labute approximate surface area is 178 Å². The standard InChI is InChI=1S/C23H21FN6O/c1-13-7-10-20-17(11-13)22(16-5-3-4-6-19(16)25-20)23(31)26-21-12-15(8-9-18(21)24)30-14(2)27-28-29-30/h3-6,8-9,12-13H,7,10-11H2,1-2H3,(H,26,31). The Kier molecular flexibility index (Phi) is 4.69. The Bertz CT molecular complexity index is 1310. The number of nitrogens with zero attached hydrogens (tertiary/aromatic N) is 5. The van der Waals surface area contributed by atoms with Crippen LogP contribution < -0.4 is 5.32 Å². The van der Waals surface area contributed by atoms with Gasteiger partial charge >= 0.3 is 0 Å². The fourth-order valence-corrected chi connectivity index (χ4v) is 4.22. The number of amides is 1. The summed E-state index contributed by atoms with van der Waals surface area (Å²) in [7, 11) is 0. The normalized spacial score (nSPS) is 15.6. The van der Waals surface area contributed by atoms with Crippen LogP contribution in [-0.2, 0) is 12.8 Å². The van der Waals surface area contributed by atoms with Crippen molar-refractivity contribution in [3.05, 3.63) is 70.9 Å². The van der Waals surface area contributed by atoms with Crippen LogP contribution in [0.5, 0.6) is 0 Å². The van der Waals surface area contributed by atoms with Gasteiger partial charge < -0.3 is 5.32 Å². The van der Waals surface area contributed by atoms with E-state index in [0.717, 1.165) is 41.4 Å². The van der Waals surface area contributed by atoms with Gasteiger partial charge in [-0.25, -0.2) is 4.39 Å². The van der Waals surface area contributed by atoms with Crippen LogP contribution in [0.15, 0.2) is 42.5 Å². The predicted octanol–water partition coefficient (Wildman–Crippen LogP) is 4.04. The van der Waals surface area contributed by atoms with Crippen LogP contribution in [0, 0.1) is 18.7 Å². The molecule has 1 unspecified atom stereocenters. The fraction of sp³-hybridized carbons (Fsp3) is 0.261. The smallest absolute Gasteiger partial charge is 0.256 e. The Morgan fingerprint density at radius 1 is 1.23 bits per heavy atom. The topological polar surface area (TPSA) is 85.6 Å². The lowest BCUT2D eigenvalue weighted by atomic mass is 9.84. The van der Waals surface area contributed by atoms with E-state index in [4.69, 9.17) is 4.98 Å². The van der Waals surface area contributed by atoms with E-state index < -0.39 is 5.82 Å². The van der Waals surface area contributed by atoms with Gasteiger partial charge in [0.15, 0.2) is 5.82 Å². The van der Waals surface area contributed by atoms with E-state index in [-0.39, 0.29) is 11.6 Å². The van der Waals surface area contributed by atoms with E-state index in [2.05, 4.69) is 27.8 Å². The first kappa shape index (κ1) is 19.3. The van der Waals surface area contributed by atoms with Crippen molar-refractivity contribution < 1.29 is 9.18 Å². The highest BCUT2D eigenvalue weighted by atomic mass is 19.1. The highest BCUT2D eigenvalue weighted by Gasteiger charge is 2.26. The minimum absolute atomic E-state index is 0.0795. The number of pyridine rings is 1. The summed E-state index contributed by atoms with van der Waals surface area (Å²) in [5.41, 5.74) is 3.92. The zero-order chi connectivity index (χ0) is 21.5. The summed E-state index contributed by atoms with van der Waals surface area (Å²) in [5, 5.41) is 15.0. The quantitative estimate of drug-likeness (QED) is 0.545. The van der Waals surface area contributed by atoms with Crippen LogP contribution >= 0.6 is 0 Å². The van der Waals surface area contributed by atoms with Gasteiger partial charge in [0, 0.05) is 11.1 Å². The van der Waals surface area contributed by atoms with Crippen LogP contribution in [-0.4, -0.2) is 31.1 Å². The van der Waals surface area contributed by atoms with Crippen LogP contribution in [0.25, 0.3) is 16.6 Å². The lowest BCUT2D eigenvalue weighted by Crippen LogP contribution is -2.22. The number of carbonyl (C=O) groups is 1. The molecule has 8 heteroatoms. The number of halogens is 1. The molecule has 1 N–H and O–H groups in total. The van der Waals surface area contributed by atoms with E-state index in [1.165, 1.54) is 16.8 Å². The molecule has 1 aliphatic rings. The molecular formula is C23H21FN6O. The number of anilines is 1. The van der Waals surface area contributed by atoms with Crippen molar-refractivity contribution in [2.75, 3.05) is 5.32 Å². The van der Waals surface area contributed by atoms with Crippen molar-refractivity contribution in [1.29, 1.82) is 0 Å². The number of carbonyl (C=O) groups excluding carboxylic acids is 1. The molecule has 1 aliphatic carbocycles. The molecule has 7 nitrogen and oxygen atoms in total. The highest BCUT2D eigenvalue weighted by Crippen LogP contribution is 2.32. The first-order valence-electron chi connectivity index (χ1n) is 10.3. The number of tetrazole rings is 1. The van der Waals surface area contributed by atoms with Crippen LogP contribution in [0.1, 0.15) is 40.8 Å². The Hall–Kier alpha value is -3.68. The second-order valence-electron chi connectivity index (χ2n) is 8.03. The summed E-state index contributed by atoms with van der Waals surface area (Å²) in [6.45, 7) is 3.93. The maximum atomic E-state index is 14.6. The summed E-state index contributed by atoms with van der Waals surface area (Å²) in [5.74, 6) is 0.161. The number of rotatable bonds is 3. The monoisotopic (exact) mass is 416 g/mol. The number of benzene rings is 2. The molecule has 156 valence electrons. The zero-order valence-corrected chi connectivity index (χ0v) is 17.3. The first-order chi connectivity index (χ1) is 15.0. The van der Waals surface area contributed by atoms with Crippen LogP contribution in [0.3, 0.4) is 0 Å². The van der Waals surface area contributed by atoms with Gasteiger partial charge in [-0.2, -0.15) is 4.68 Å². The third-order valence-corrected chi connectivity index (χ3v) is 5.80. The van der Waals surface area contributed by atoms with E-state index in [0.29, 0.717) is 23.0 Å². The molecule has 31 heavy (non-hydrogen) atoms. The SMILES string of the molecule is Cc1nnnn1-c1ccc(F)c(NC(=O)c2c3c(nc4ccccc24)CCC(C)C3)c1. The number of aromatic nitrogens is 5. The number of hydrogen-bond acceptors (Lipinski definition) is 5. The molecule has 0 radical (unpaired) electrons. The second kappa shape index (κ2) is 7.54. The third kappa shape index (κ3) is 3.43. The maximum absolute atomic E-state index is 14.6. The Morgan fingerprint density at radius 2 is 2.06 bits per heavy atom. The summed E-state index contributed by atoms with van der Waals surface area (Å²) in [6, 6.07) is 12.0. The highest BCUT2D eigenvalue weighted by molar-refractivity contribution is 6.13. The molecule has 5 rings (SSSR count). The molecular weight excluding hydrogens is 395 g/mol. The van der Waals surface area contributed by atoms with Gasteiger partial charge in [0.2, 0.25) is 0 Å². The van der Waals surface area contributed by atoms with Gasteiger partial charge in [0.25, 0.3) is 5.91 Å². The zero-order valence-electron chi connectivity index (χ0n) is 17.3. The lowest BCUT2D eigenvalue weighted by molar-refractivity contribution is 0.102. The van der Waals surface area contributed by atoms with Crippen molar-refractivity contribution in [2.45, 2.75) is 33.1 Å². The molecule has 0 fully saturated rings. The van der Waals surface area contributed by atoms with Crippen molar-refractivity contribution >= 4 is 22.5 Å². The molecule has 0 saturated heterocycles. The van der Waals surface area contributed by atoms with E-state index in [1.54, 1.807) is 13.0 Å². The van der Waals surface area contributed by atoms with Crippen LogP contribution in [0.4, 0.5) is 10.1 Å². The first-order valence-corrected chi connectivity index (χ1v) is 10.3. The van der Waals surface area contributed by atoms with Crippen molar-refractivity contribution in [3.8, 4) is 5.69 Å². The molecule has 0 spiro atoms. The second-order valence-corrected chi connectivity index (χ2v) is 8.03. The predicted molar refractivity (Wildman–Crippen MR) is 115 cm³/mol. The molecule has 0 saturated carbocycles. The molecule has 2 heterocycles. The summed E-state index contributed by atoms with van der Waals surface area (Å²) >= 11 is 0. The maximum Gasteiger partial charge on any atom is 0.256 e. The number of nitrogens with one attached hydrogen (secondary N) is 1. The van der Waals surface area contributed by atoms with Gasteiger partial charge in [-0.05, 0) is 72.4 Å². The number of hydrogen-bond donors (Lipinski definition) is 1. The largest absolute Gasteiger partial charge is 0.319 e. The summed E-state index contributed by atoms with van der Waals surface area (Å²) in [6.07, 6.45) is 2.66. The van der Waals surface area contributed by atoms with Gasteiger partial charge in [-0.1, -0.05) is 25.1 Å². The van der Waals surface area contributed by atoms with Gasteiger partial charge in [0.1, 0.15) is 5.82 Å². The average molecular weight is 416 g/mol. The summed E-state index contributed by atoms with van der Waals surface area (Å²) in [4.78, 5) is 18.3. The van der Waals surface area contributed by atoms with Gasteiger partial charge in [0.05, 0.1) is 22.5 Å². The number of fused-ring (bicyclic) bond motifs is 2.